The van der Waals surface area contributed by atoms with Crippen LogP contribution >= 0.6 is 0 Å². The third kappa shape index (κ3) is 3.28. The van der Waals surface area contributed by atoms with Crippen LogP contribution in [0.15, 0.2) is 70.9 Å². The summed E-state index contributed by atoms with van der Waals surface area (Å²) in [5.74, 6) is -1.11. The summed E-state index contributed by atoms with van der Waals surface area (Å²) in [4.78, 5) is 24.1. The molecule has 0 radical (unpaired) electrons. The first-order valence-electron chi connectivity index (χ1n) is 6.49. The quantitative estimate of drug-likeness (QED) is 0.731. The van der Waals surface area contributed by atoms with Gasteiger partial charge in [0.15, 0.2) is 0 Å². The van der Waals surface area contributed by atoms with Gasteiger partial charge in [0.05, 0.1) is 25.4 Å². The van der Waals surface area contributed by atoms with Crippen molar-refractivity contribution in [3.05, 3.63) is 70.9 Å². The molecular weight excluding hydrogens is 268 g/mol. The highest BCUT2D eigenvalue weighted by atomic mass is 16.5. The van der Waals surface area contributed by atoms with Crippen LogP contribution in [0.2, 0.25) is 0 Å². The van der Waals surface area contributed by atoms with Crippen molar-refractivity contribution in [3.63, 3.8) is 0 Å². The van der Waals surface area contributed by atoms with Crippen molar-refractivity contribution in [1.29, 1.82) is 0 Å². The molecule has 0 aliphatic heterocycles. The molecule has 0 heterocycles. The maximum atomic E-state index is 12.1. The van der Waals surface area contributed by atoms with Crippen molar-refractivity contribution < 1.29 is 19.1 Å². The van der Waals surface area contributed by atoms with Crippen molar-refractivity contribution in [3.8, 4) is 0 Å². The van der Waals surface area contributed by atoms with Gasteiger partial charge in [0.1, 0.15) is 0 Å². The van der Waals surface area contributed by atoms with Crippen molar-refractivity contribution in [2.24, 2.45) is 0 Å². The summed E-state index contributed by atoms with van der Waals surface area (Å²) >= 11 is 0. The number of allylic oxidation sites excluding steroid dienone is 10. The Balaban J connectivity index is 2.68. The molecule has 4 nitrogen and oxygen atoms in total. The number of esters is 2. The summed E-state index contributed by atoms with van der Waals surface area (Å²) in [6, 6.07) is 0. The minimum absolute atomic E-state index is 0.198. The summed E-state index contributed by atoms with van der Waals surface area (Å²) in [6.45, 7) is 0. The van der Waals surface area contributed by atoms with E-state index in [1.54, 1.807) is 12.2 Å². The molecule has 0 atom stereocenters. The van der Waals surface area contributed by atoms with Crippen LogP contribution in [0, 0.1) is 0 Å². The van der Waals surface area contributed by atoms with Crippen LogP contribution in [-0.4, -0.2) is 26.2 Å². The second-order valence-corrected chi connectivity index (χ2v) is 4.49. The van der Waals surface area contributed by atoms with Gasteiger partial charge in [-0.15, -0.1) is 0 Å². The first-order chi connectivity index (χ1) is 10.2. The third-order valence-corrected chi connectivity index (χ3v) is 3.18. The van der Waals surface area contributed by atoms with Gasteiger partial charge in [0.2, 0.25) is 0 Å². The molecule has 2 aliphatic rings. The van der Waals surface area contributed by atoms with E-state index in [0.29, 0.717) is 6.42 Å². The molecule has 4 heteroatoms. The van der Waals surface area contributed by atoms with Gasteiger partial charge < -0.3 is 9.47 Å². The predicted octanol–water partition coefficient (Wildman–Crippen LogP) is 2.57. The zero-order chi connectivity index (χ0) is 15.2. The van der Waals surface area contributed by atoms with Crippen molar-refractivity contribution in [2.45, 2.75) is 6.42 Å². The lowest BCUT2D eigenvalue weighted by Crippen LogP contribution is -2.17. The Hall–Kier alpha value is -2.62. The number of fused-ring (bicyclic) bond motifs is 2. The van der Waals surface area contributed by atoms with Crippen LogP contribution in [0.3, 0.4) is 0 Å². The van der Waals surface area contributed by atoms with Gasteiger partial charge in [-0.05, 0) is 23.6 Å². The monoisotopic (exact) mass is 284 g/mol. The minimum atomic E-state index is -0.564. The Morgan fingerprint density at radius 2 is 1.67 bits per heavy atom. The Morgan fingerprint density at radius 1 is 0.905 bits per heavy atom. The number of hydrogen-bond acceptors (Lipinski definition) is 4. The highest BCUT2D eigenvalue weighted by Crippen LogP contribution is 2.28. The van der Waals surface area contributed by atoms with E-state index >= 15 is 0 Å². The molecule has 2 aliphatic carbocycles. The Morgan fingerprint density at radius 3 is 2.38 bits per heavy atom. The molecule has 0 fully saturated rings. The number of hydrogen-bond donors (Lipinski definition) is 0. The molecule has 0 unspecified atom stereocenters. The van der Waals surface area contributed by atoms with E-state index < -0.39 is 11.9 Å². The molecule has 0 saturated heterocycles. The van der Waals surface area contributed by atoms with Crippen LogP contribution < -0.4 is 0 Å². The normalized spacial score (nSPS) is 30.0. The van der Waals surface area contributed by atoms with Crippen LogP contribution in [0.5, 0.6) is 0 Å². The average Bonchev–Trinajstić information content (AvgIpc) is 2.44. The number of methoxy groups -OCH3 is 2. The summed E-state index contributed by atoms with van der Waals surface area (Å²) in [5, 5.41) is 0. The fourth-order valence-corrected chi connectivity index (χ4v) is 2.19. The SMILES string of the molecule is COC(=O)C1=C2\C=C/C=C\C=C(\C=C/C=C\1C(=O)OC)C2. The largest absolute Gasteiger partial charge is 0.465 e. The highest BCUT2D eigenvalue weighted by molar-refractivity contribution is 6.08. The first kappa shape index (κ1) is 14.8. The zero-order valence-electron chi connectivity index (χ0n) is 12.0. The lowest BCUT2D eigenvalue weighted by molar-refractivity contribution is -0.139. The van der Waals surface area contributed by atoms with E-state index in [2.05, 4.69) is 0 Å². The molecule has 0 aromatic heterocycles. The third-order valence-electron chi connectivity index (χ3n) is 3.18. The summed E-state index contributed by atoms with van der Waals surface area (Å²) in [7, 11) is 2.58. The Bertz CT molecular complexity index is 640. The van der Waals surface area contributed by atoms with E-state index in [0.717, 1.165) is 11.1 Å². The molecule has 0 aromatic carbocycles. The molecular formula is C17H16O4. The second-order valence-electron chi connectivity index (χ2n) is 4.49. The summed E-state index contributed by atoms with van der Waals surface area (Å²) < 4.78 is 9.60. The molecule has 0 saturated carbocycles. The van der Waals surface area contributed by atoms with Crippen LogP contribution in [-0.2, 0) is 19.1 Å². The van der Waals surface area contributed by atoms with Gasteiger partial charge in [-0.2, -0.15) is 0 Å². The number of rotatable bonds is 2. The van der Waals surface area contributed by atoms with Crippen LogP contribution in [0.25, 0.3) is 0 Å². The van der Waals surface area contributed by atoms with Crippen molar-refractivity contribution in [2.75, 3.05) is 14.2 Å². The zero-order valence-corrected chi connectivity index (χ0v) is 12.0. The van der Waals surface area contributed by atoms with Gasteiger partial charge in [0.25, 0.3) is 0 Å². The van der Waals surface area contributed by atoms with E-state index in [4.69, 9.17) is 9.47 Å². The summed E-state index contributed by atoms with van der Waals surface area (Å²) in [6.07, 6.45) is 15.1. The molecule has 0 amide bonds. The van der Waals surface area contributed by atoms with Crippen LogP contribution in [0.1, 0.15) is 6.42 Å². The van der Waals surface area contributed by atoms with Crippen LogP contribution in [0.4, 0.5) is 0 Å². The summed E-state index contributed by atoms with van der Waals surface area (Å²) in [5.41, 5.74) is 2.20. The molecule has 0 N–H and O–H groups in total. The van der Waals surface area contributed by atoms with Gasteiger partial charge in [-0.25, -0.2) is 9.59 Å². The molecule has 2 bridgehead atoms. The predicted molar refractivity (Wildman–Crippen MR) is 79.3 cm³/mol. The Labute approximate surface area is 123 Å². The molecule has 2 rings (SSSR count). The van der Waals surface area contributed by atoms with Gasteiger partial charge in [-0.3, -0.25) is 0 Å². The smallest absolute Gasteiger partial charge is 0.339 e. The topological polar surface area (TPSA) is 52.6 Å². The van der Waals surface area contributed by atoms with Crippen molar-refractivity contribution >= 4 is 11.9 Å². The lowest BCUT2D eigenvalue weighted by Gasteiger charge is -2.16. The molecule has 0 spiro atoms. The highest BCUT2D eigenvalue weighted by Gasteiger charge is 2.26. The molecule has 0 aromatic rings. The maximum absolute atomic E-state index is 12.1. The average molecular weight is 284 g/mol. The molecule has 108 valence electrons. The number of carbonyl (C=O) groups excluding carboxylic acids is 2. The maximum Gasteiger partial charge on any atom is 0.339 e. The van der Waals surface area contributed by atoms with E-state index in [1.807, 2.05) is 36.5 Å². The van der Waals surface area contributed by atoms with Gasteiger partial charge in [0, 0.05) is 0 Å². The standard InChI is InChI=1S/C17H16O4/c1-20-16(18)14-10-6-8-12-7-4-3-5-9-13(11-12)15(14)17(19)21-2/h3-10H,11H2,1-2H3/b4-3-,5-3?,7-4?,8-6-,9-5-,10-6?,12-7-,12-8?,13-9?,14-10+,15-13+,15-14?. The van der Waals surface area contributed by atoms with E-state index in [1.165, 1.54) is 14.2 Å². The minimum Gasteiger partial charge on any atom is -0.465 e. The van der Waals surface area contributed by atoms with Gasteiger partial charge in [-0.1, -0.05) is 42.5 Å². The fourth-order valence-electron chi connectivity index (χ4n) is 2.19. The second kappa shape index (κ2) is 6.70. The Kier molecular flexibility index (Phi) is 4.72. The lowest BCUT2D eigenvalue weighted by atomic mass is 9.91. The number of ether oxygens (including phenoxy) is 2. The fraction of sp³-hybridized carbons (Fsp3) is 0.176. The first-order valence-corrected chi connectivity index (χ1v) is 6.49. The van der Waals surface area contributed by atoms with Gasteiger partial charge >= 0.3 is 11.9 Å². The van der Waals surface area contributed by atoms with E-state index in [9.17, 15) is 9.59 Å². The van der Waals surface area contributed by atoms with E-state index in [-0.39, 0.29) is 11.1 Å². The molecule has 21 heavy (non-hydrogen) atoms. The number of carbonyl (C=O) groups is 2. The van der Waals surface area contributed by atoms with Crippen molar-refractivity contribution in [1.82, 2.24) is 0 Å².